The van der Waals surface area contributed by atoms with Crippen LogP contribution in [0.2, 0.25) is 0 Å². The highest BCUT2D eigenvalue weighted by Gasteiger charge is 2.27. The van der Waals surface area contributed by atoms with Gasteiger partial charge in [-0.25, -0.2) is 4.79 Å². The second-order valence-corrected chi connectivity index (χ2v) is 6.59. The van der Waals surface area contributed by atoms with Crippen molar-refractivity contribution in [2.75, 3.05) is 25.5 Å². The van der Waals surface area contributed by atoms with Crippen LogP contribution < -0.4 is 11.1 Å². The Morgan fingerprint density at radius 2 is 1.92 bits per heavy atom. The first kappa shape index (κ1) is 21.3. The van der Waals surface area contributed by atoms with E-state index in [0.29, 0.717) is 18.7 Å². The average molecular weight is 370 g/mol. The third-order valence-corrected chi connectivity index (χ3v) is 4.46. The van der Waals surface area contributed by atoms with Crippen LogP contribution in [0.3, 0.4) is 0 Å². The molecule has 1 heterocycles. The number of amides is 1. The minimum absolute atomic E-state index is 0. The molecule has 1 saturated heterocycles. The summed E-state index contributed by atoms with van der Waals surface area (Å²) in [5, 5.41) is 3.43. The van der Waals surface area contributed by atoms with Crippen molar-refractivity contribution in [3.8, 4) is 0 Å². The number of benzene rings is 1. The number of hydrogen-bond acceptors (Lipinski definition) is 5. The highest BCUT2D eigenvalue weighted by atomic mass is 35.5. The molecule has 0 bridgehead atoms. The van der Waals surface area contributed by atoms with E-state index >= 15 is 0 Å². The number of nitrogens with one attached hydrogen (secondary N) is 1. The van der Waals surface area contributed by atoms with Crippen LogP contribution in [0.5, 0.6) is 0 Å². The summed E-state index contributed by atoms with van der Waals surface area (Å²) in [7, 11) is 1.37. The highest BCUT2D eigenvalue weighted by molar-refractivity contribution is 5.90. The summed E-state index contributed by atoms with van der Waals surface area (Å²) < 4.78 is 4.74. The molecule has 0 aromatic heterocycles. The summed E-state index contributed by atoms with van der Waals surface area (Å²) in [5.74, 6) is -0.160. The normalized spacial score (nSPS) is 16.1. The lowest BCUT2D eigenvalue weighted by molar-refractivity contribution is -0.134. The maximum atomic E-state index is 12.3. The summed E-state index contributed by atoms with van der Waals surface area (Å²) in [6.45, 7) is 5.33. The number of methoxy groups -OCH3 is 1. The second kappa shape index (κ2) is 9.63. The zero-order valence-electron chi connectivity index (χ0n) is 15.0. The minimum Gasteiger partial charge on any atom is -0.465 e. The van der Waals surface area contributed by atoms with Crippen LogP contribution in [0, 0.1) is 5.92 Å². The fraction of sp³-hybridized carbons (Fsp3) is 0.556. The Bertz CT molecular complexity index is 587. The molecule has 1 aliphatic rings. The van der Waals surface area contributed by atoms with Gasteiger partial charge in [0.25, 0.3) is 0 Å². The molecule has 1 aromatic rings. The Morgan fingerprint density at radius 1 is 1.28 bits per heavy atom. The maximum Gasteiger partial charge on any atom is 0.337 e. The lowest BCUT2D eigenvalue weighted by Gasteiger charge is -2.35. The van der Waals surface area contributed by atoms with Crippen molar-refractivity contribution >= 4 is 30.0 Å². The number of piperidine rings is 1. The summed E-state index contributed by atoms with van der Waals surface area (Å²) >= 11 is 0. The van der Waals surface area contributed by atoms with E-state index in [1.165, 1.54) is 7.11 Å². The molecule has 0 aliphatic carbocycles. The molecule has 2 rings (SSSR count). The lowest BCUT2D eigenvalue weighted by Crippen LogP contribution is -2.50. The van der Waals surface area contributed by atoms with Crippen molar-refractivity contribution in [3.05, 3.63) is 29.8 Å². The molecule has 1 amide bonds. The summed E-state index contributed by atoms with van der Waals surface area (Å²) in [4.78, 5) is 25.7. The maximum absolute atomic E-state index is 12.3. The third-order valence-electron chi connectivity index (χ3n) is 4.46. The van der Waals surface area contributed by atoms with Crippen LogP contribution in [0.4, 0.5) is 5.69 Å². The summed E-state index contributed by atoms with van der Waals surface area (Å²) in [6, 6.07) is 7.13. The van der Waals surface area contributed by atoms with Crippen LogP contribution in [0.1, 0.15) is 37.0 Å². The molecule has 0 unspecified atom stereocenters. The van der Waals surface area contributed by atoms with Gasteiger partial charge in [-0.3, -0.25) is 4.79 Å². The molecule has 3 N–H and O–H groups in total. The van der Waals surface area contributed by atoms with E-state index in [4.69, 9.17) is 10.5 Å². The predicted molar refractivity (Wildman–Crippen MR) is 101 cm³/mol. The standard InChI is InChI=1S/C18H27N3O3.ClH/c1-12(2)16(19)17(22)21-9-7-14(8-10-21)20-15-6-4-5-13(11-15)18(23)24-3;/h4-6,11-12,14,16,20H,7-10,19H2,1-3H3;1H/t16-;/m0./s1. The molecule has 7 heteroatoms. The van der Waals surface area contributed by atoms with Gasteiger partial charge in [-0.2, -0.15) is 0 Å². The molecule has 0 saturated carbocycles. The molecular weight excluding hydrogens is 342 g/mol. The lowest BCUT2D eigenvalue weighted by atomic mass is 10.00. The zero-order chi connectivity index (χ0) is 17.7. The molecule has 1 atom stereocenters. The molecule has 6 nitrogen and oxygen atoms in total. The van der Waals surface area contributed by atoms with Gasteiger partial charge in [-0.05, 0) is 37.0 Å². The first-order valence-electron chi connectivity index (χ1n) is 8.41. The molecule has 25 heavy (non-hydrogen) atoms. The van der Waals surface area contributed by atoms with E-state index in [0.717, 1.165) is 18.5 Å². The summed E-state index contributed by atoms with van der Waals surface area (Å²) in [5.41, 5.74) is 7.37. The predicted octanol–water partition coefficient (Wildman–Crippen LogP) is 2.28. The Hall–Kier alpha value is -1.79. The molecule has 140 valence electrons. The topological polar surface area (TPSA) is 84.7 Å². The number of halogens is 1. The zero-order valence-corrected chi connectivity index (χ0v) is 15.8. The van der Waals surface area contributed by atoms with Gasteiger partial charge in [-0.1, -0.05) is 19.9 Å². The van der Waals surface area contributed by atoms with Gasteiger partial charge < -0.3 is 20.7 Å². The Balaban J connectivity index is 0.00000312. The SMILES string of the molecule is COC(=O)c1cccc(NC2CCN(C(=O)[C@@H](N)C(C)C)CC2)c1.Cl. The number of hydrogen-bond donors (Lipinski definition) is 2. The van der Waals surface area contributed by atoms with Crippen LogP contribution in [-0.2, 0) is 9.53 Å². The molecular formula is C18H28ClN3O3. The van der Waals surface area contributed by atoms with Gasteiger partial charge in [0.15, 0.2) is 0 Å². The van der Waals surface area contributed by atoms with Crippen molar-refractivity contribution < 1.29 is 14.3 Å². The molecule has 1 aromatic carbocycles. The smallest absolute Gasteiger partial charge is 0.337 e. The second-order valence-electron chi connectivity index (χ2n) is 6.59. The Kier molecular flexibility index (Phi) is 8.19. The fourth-order valence-corrected chi connectivity index (χ4v) is 2.83. The van der Waals surface area contributed by atoms with Crippen LogP contribution in [-0.4, -0.2) is 49.1 Å². The van der Waals surface area contributed by atoms with E-state index in [9.17, 15) is 9.59 Å². The first-order valence-corrected chi connectivity index (χ1v) is 8.41. The van der Waals surface area contributed by atoms with E-state index in [1.807, 2.05) is 30.9 Å². The first-order chi connectivity index (χ1) is 11.4. The number of likely N-dealkylation sites (tertiary alicyclic amines) is 1. The molecule has 0 spiro atoms. The molecule has 1 aliphatic heterocycles. The number of carbonyl (C=O) groups is 2. The van der Waals surface area contributed by atoms with Crippen molar-refractivity contribution in [2.24, 2.45) is 11.7 Å². The van der Waals surface area contributed by atoms with Gasteiger partial charge in [0.05, 0.1) is 18.7 Å². The van der Waals surface area contributed by atoms with Gasteiger partial charge in [0.1, 0.15) is 0 Å². The van der Waals surface area contributed by atoms with Crippen molar-refractivity contribution in [3.63, 3.8) is 0 Å². The number of esters is 1. The minimum atomic E-state index is -0.425. The number of nitrogens with zero attached hydrogens (tertiary/aromatic N) is 1. The van der Waals surface area contributed by atoms with Crippen LogP contribution in [0.15, 0.2) is 24.3 Å². The van der Waals surface area contributed by atoms with Crippen LogP contribution >= 0.6 is 12.4 Å². The Morgan fingerprint density at radius 3 is 2.48 bits per heavy atom. The number of carbonyl (C=O) groups excluding carboxylic acids is 2. The number of nitrogens with two attached hydrogens (primary N) is 1. The monoisotopic (exact) mass is 369 g/mol. The quantitative estimate of drug-likeness (QED) is 0.778. The average Bonchev–Trinajstić information content (AvgIpc) is 2.60. The van der Waals surface area contributed by atoms with Gasteiger partial charge in [0, 0.05) is 24.8 Å². The number of anilines is 1. The van der Waals surface area contributed by atoms with Crippen molar-refractivity contribution in [1.82, 2.24) is 4.90 Å². The van der Waals surface area contributed by atoms with E-state index < -0.39 is 6.04 Å². The highest BCUT2D eigenvalue weighted by Crippen LogP contribution is 2.19. The van der Waals surface area contributed by atoms with Gasteiger partial charge >= 0.3 is 5.97 Å². The number of rotatable bonds is 5. The van der Waals surface area contributed by atoms with Gasteiger partial charge in [-0.15, -0.1) is 12.4 Å². The van der Waals surface area contributed by atoms with Gasteiger partial charge in [0.2, 0.25) is 5.91 Å². The van der Waals surface area contributed by atoms with Crippen molar-refractivity contribution in [1.29, 1.82) is 0 Å². The summed E-state index contributed by atoms with van der Waals surface area (Å²) in [6.07, 6.45) is 1.72. The van der Waals surface area contributed by atoms with Crippen molar-refractivity contribution in [2.45, 2.75) is 38.8 Å². The van der Waals surface area contributed by atoms with E-state index in [1.54, 1.807) is 12.1 Å². The molecule has 1 fully saturated rings. The van der Waals surface area contributed by atoms with E-state index in [2.05, 4.69) is 5.32 Å². The third kappa shape index (κ3) is 5.61. The Labute approximate surface area is 155 Å². The largest absolute Gasteiger partial charge is 0.465 e. The number of ether oxygens (including phenoxy) is 1. The molecule has 0 radical (unpaired) electrons. The van der Waals surface area contributed by atoms with Crippen LogP contribution in [0.25, 0.3) is 0 Å². The van der Waals surface area contributed by atoms with E-state index in [-0.39, 0.29) is 36.2 Å². The fourth-order valence-electron chi connectivity index (χ4n) is 2.83.